The Labute approximate surface area is 179 Å². The first-order chi connectivity index (χ1) is 13.7. The number of carbonyl (C=O) groups excluding carboxylic acids is 2. The van der Waals surface area contributed by atoms with Crippen LogP contribution in [0.25, 0.3) is 0 Å². The fourth-order valence-electron chi connectivity index (χ4n) is 2.91. The molecule has 7 nitrogen and oxygen atoms in total. The summed E-state index contributed by atoms with van der Waals surface area (Å²) in [5.41, 5.74) is 0.272. The van der Waals surface area contributed by atoms with Crippen LogP contribution in [0.3, 0.4) is 0 Å². The molecule has 1 aromatic carbocycles. The van der Waals surface area contributed by atoms with Crippen LogP contribution in [0.15, 0.2) is 24.3 Å². The van der Waals surface area contributed by atoms with Gasteiger partial charge in [0.05, 0.1) is 17.8 Å². The molecule has 166 valence electrons. The summed E-state index contributed by atoms with van der Waals surface area (Å²) in [6.07, 6.45) is -0.378. The van der Waals surface area contributed by atoms with E-state index in [2.05, 4.69) is 5.32 Å². The molecule has 0 bridgehead atoms. The molecule has 1 amide bonds. The van der Waals surface area contributed by atoms with Crippen molar-refractivity contribution in [1.29, 1.82) is 0 Å². The van der Waals surface area contributed by atoms with Gasteiger partial charge in [-0.05, 0) is 66.4 Å². The topological polar surface area (TPSA) is 83.1 Å². The zero-order valence-corrected chi connectivity index (χ0v) is 19.3. The third-order valence-corrected chi connectivity index (χ3v) is 5.21. The van der Waals surface area contributed by atoms with E-state index in [0.717, 1.165) is 11.0 Å². The van der Waals surface area contributed by atoms with E-state index in [1.807, 2.05) is 52.0 Å². The van der Waals surface area contributed by atoms with Crippen molar-refractivity contribution in [2.24, 2.45) is 0 Å². The van der Waals surface area contributed by atoms with Gasteiger partial charge in [-0.2, -0.15) is 0 Å². The minimum Gasteiger partial charge on any atom is -0.464 e. The van der Waals surface area contributed by atoms with Crippen molar-refractivity contribution < 1.29 is 28.4 Å². The van der Waals surface area contributed by atoms with Crippen LogP contribution in [-0.4, -0.2) is 48.6 Å². The predicted octanol–water partition coefficient (Wildman–Crippen LogP) is 2.98. The first kappa shape index (κ1) is 24.2. The van der Waals surface area contributed by atoms with Crippen LogP contribution in [0, 0.1) is 0 Å². The summed E-state index contributed by atoms with van der Waals surface area (Å²) in [5, 5.41) is 2.61. The van der Waals surface area contributed by atoms with Gasteiger partial charge in [-0.1, -0.05) is 24.3 Å². The molecule has 1 aromatic rings. The molecule has 1 aliphatic rings. The van der Waals surface area contributed by atoms with Gasteiger partial charge in [-0.15, -0.1) is 0 Å². The maximum Gasteiger partial charge on any atom is 0.494 e. The average Bonchev–Trinajstić information content (AvgIpc) is 2.81. The molecule has 1 N–H and O–H groups in total. The predicted molar refractivity (Wildman–Crippen MR) is 116 cm³/mol. The Morgan fingerprint density at radius 1 is 1.07 bits per heavy atom. The zero-order chi connectivity index (χ0) is 22.7. The van der Waals surface area contributed by atoms with Gasteiger partial charge in [0.15, 0.2) is 0 Å². The highest BCUT2D eigenvalue weighted by Gasteiger charge is 2.51. The van der Waals surface area contributed by atoms with Crippen LogP contribution in [-0.2, 0) is 30.0 Å². The Kier molecular flexibility index (Phi) is 7.25. The molecule has 2 rings (SSSR count). The lowest BCUT2D eigenvalue weighted by molar-refractivity contribution is -0.145. The highest BCUT2D eigenvalue weighted by molar-refractivity contribution is 6.62. The summed E-state index contributed by atoms with van der Waals surface area (Å²) in [6.45, 7) is 15.3. The second kappa shape index (κ2) is 8.98. The summed E-state index contributed by atoms with van der Waals surface area (Å²) in [7, 11) is -0.454. The van der Waals surface area contributed by atoms with E-state index >= 15 is 0 Å². The largest absolute Gasteiger partial charge is 0.494 e. The standard InChI is InChI=1S/C22H34BNO6/c1-9-27-18(25)17(24-19(26)28-20(2,3)4)14-15-10-12-16(13-11-15)23-29-21(5,6)22(7,8)30-23/h10-13,17H,9,14H2,1-8H3,(H,24,26). The van der Waals surface area contributed by atoms with Gasteiger partial charge in [0.25, 0.3) is 0 Å². The van der Waals surface area contributed by atoms with Gasteiger partial charge in [0.1, 0.15) is 11.6 Å². The van der Waals surface area contributed by atoms with E-state index in [4.69, 9.17) is 18.8 Å². The maximum atomic E-state index is 12.3. The fourth-order valence-corrected chi connectivity index (χ4v) is 2.91. The molecule has 0 radical (unpaired) electrons. The van der Waals surface area contributed by atoms with Crippen molar-refractivity contribution in [2.75, 3.05) is 6.61 Å². The van der Waals surface area contributed by atoms with Crippen molar-refractivity contribution >= 4 is 24.6 Å². The molecular formula is C22H34BNO6. The van der Waals surface area contributed by atoms with E-state index in [9.17, 15) is 9.59 Å². The van der Waals surface area contributed by atoms with Crippen LogP contribution in [0.4, 0.5) is 4.79 Å². The third kappa shape index (κ3) is 6.22. The summed E-state index contributed by atoms with van der Waals surface area (Å²) in [6, 6.07) is 6.76. The molecule has 1 saturated heterocycles. The van der Waals surface area contributed by atoms with Crippen LogP contribution in [0.2, 0.25) is 0 Å². The van der Waals surface area contributed by atoms with E-state index in [1.54, 1.807) is 27.7 Å². The number of carbonyl (C=O) groups is 2. The molecule has 0 spiro atoms. The number of ether oxygens (including phenoxy) is 2. The summed E-state index contributed by atoms with van der Waals surface area (Å²) in [4.78, 5) is 24.5. The number of amides is 1. The maximum absolute atomic E-state index is 12.3. The molecule has 1 aliphatic heterocycles. The Hall–Kier alpha value is -2.06. The Bertz CT molecular complexity index is 738. The molecule has 1 atom stereocenters. The molecule has 0 saturated carbocycles. The van der Waals surface area contributed by atoms with Gasteiger partial charge in [-0.3, -0.25) is 0 Å². The number of benzene rings is 1. The highest BCUT2D eigenvalue weighted by atomic mass is 16.7. The molecule has 1 fully saturated rings. The van der Waals surface area contributed by atoms with Gasteiger partial charge in [0.2, 0.25) is 0 Å². The van der Waals surface area contributed by atoms with Crippen LogP contribution in [0.1, 0.15) is 61.0 Å². The quantitative estimate of drug-likeness (QED) is 0.564. The van der Waals surface area contributed by atoms with E-state index in [0.29, 0.717) is 0 Å². The highest BCUT2D eigenvalue weighted by Crippen LogP contribution is 2.36. The van der Waals surface area contributed by atoms with Crippen molar-refractivity contribution in [1.82, 2.24) is 5.32 Å². The Morgan fingerprint density at radius 2 is 1.60 bits per heavy atom. The molecular weight excluding hydrogens is 385 g/mol. The van der Waals surface area contributed by atoms with Crippen molar-refractivity contribution in [3.05, 3.63) is 29.8 Å². The second-order valence-corrected chi connectivity index (χ2v) is 9.48. The SMILES string of the molecule is CCOC(=O)C(Cc1ccc(B2OC(C)(C)C(C)(C)O2)cc1)NC(=O)OC(C)(C)C. The molecule has 30 heavy (non-hydrogen) atoms. The number of alkyl carbamates (subject to hydrolysis) is 1. The number of esters is 1. The van der Waals surface area contributed by atoms with E-state index < -0.39 is 42.0 Å². The Morgan fingerprint density at radius 3 is 2.07 bits per heavy atom. The van der Waals surface area contributed by atoms with Gasteiger partial charge >= 0.3 is 19.2 Å². The molecule has 1 heterocycles. The lowest BCUT2D eigenvalue weighted by Gasteiger charge is -2.32. The first-order valence-corrected chi connectivity index (χ1v) is 10.3. The van der Waals surface area contributed by atoms with Crippen LogP contribution in [0.5, 0.6) is 0 Å². The summed E-state index contributed by atoms with van der Waals surface area (Å²) < 4.78 is 22.5. The normalized spacial score (nSPS) is 18.6. The van der Waals surface area contributed by atoms with Crippen molar-refractivity contribution in [3.63, 3.8) is 0 Å². The van der Waals surface area contributed by atoms with E-state index in [1.165, 1.54) is 0 Å². The zero-order valence-electron chi connectivity index (χ0n) is 19.3. The Balaban J connectivity index is 2.09. The number of hydrogen-bond acceptors (Lipinski definition) is 6. The minimum absolute atomic E-state index is 0.228. The average molecular weight is 419 g/mol. The lowest BCUT2D eigenvalue weighted by atomic mass is 9.78. The molecule has 0 aromatic heterocycles. The smallest absolute Gasteiger partial charge is 0.464 e. The number of hydrogen-bond donors (Lipinski definition) is 1. The van der Waals surface area contributed by atoms with Crippen LogP contribution >= 0.6 is 0 Å². The molecule has 1 unspecified atom stereocenters. The van der Waals surface area contributed by atoms with Gasteiger partial charge < -0.3 is 24.1 Å². The van der Waals surface area contributed by atoms with Crippen molar-refractivity contribution in [2.45, 2.75) is 84.7 Å². The monoisotopic (exact) mass is 419 g/mol. The van der Waals surface area contributed by atoms with Crippen molar-refractivity contribution in [3.8, 4) is 0 Å². The lowest BCUT2D eigenvalue weighted by Crippen LogP contribution is -2.45. The van der Waals surface area contributed by atoms with E-state index in [-0.39, 0.29) is 13.0 Å². The van der Waals surface area contributed by atoms with Gasteiger partial charge in [-0.25, -0.2) is 9.59 Å². The summed E-state index contributed by atoms with van der Waals surface area (Å²) in [5.74, 6) is -0.501. The first-order valence-electron chi connectivity index (χ1n) is 10.3. The second-order valence-electron chi connectivity index (χ2n) is 9.48. The third-order valence-electron chi connectivity index (χ3n) is 5.21. The molecule has 8 heteroatoms. The fraction of sp³-hybridized carbons (Fsp3) is 0.636. The number of rotatable bonds is 6. The molecule has 0 aliphatic carbocycles. The van der Waals surface area contributed by atoms with Gasteiger partial charge in [0, 0.05) is 6.42 Å². The number of nitrogens with one attached hydrogen (secondary N) is 1. The van der Waals surface area contributed by atoms with Crippen LogP contribution < -0.4 is 10.8 Å². The minimum atomic E-state index is -0.845. The summed E-state index contributed by atoms with van der Waals surface area (Å²) >= 11 is 0.